The van der Waals surface area contributed by atoms with Crippen LogP contribution in [0.5, 0.6) is 11.5 Å². The van der Waals surface area contributed by atoms with Gasteiger partial charge in [-0.3, -0.25) is 4.98 Å². The van der Waals surface area contributed by atoms with Crippen LogP contribution in [-0.4, -0.2) is 11.8 Å². The highest BCUT2D eigenvalue weighted by Crippen LogP contribution is 2.35. The molecule has 0 atom stereocenters. The van der Waals surface area contributed by atoms with Gasteiger partial charge in [0.2, 0.25) is 6.79 Å². The molecular weight excluding hydrogens is 284 g/mol. The van der Waals surface area contributed by atoms with E-state index in [1.807, 2.05) is 24.3 Å². The molecule has 4 nitrogen and oxygen atoms in total. The van der Waals surface area contributed by atoms with E-state index in [-0.39, 0.29) is 6.79 Å². The second kappa shape index (κ2) is 4.25. The molecule has 0 saturated carbocycles. The summed E-state index contributed by atoms with van der Waals surface area (Å²) in [5.41, 5.74) is 1.85. The van der Waals surface area contributed by atoms with E-state index in [0.29, 0.717) is 0 Å². The quantitative estimate of drug-likeness (QED) is 0.922. The van der Waals surface area contributed by atoms with Gasteiger partial charge >= 0.3 is 0 Å². The van der Waals surface area contributed by atoms with Crippen molar-refractivity contribution in [1.29, 1.82) is 0 Å². The second-order valence-electron chi connectivity index (χ2n) is 3.58. The van der Waals surface area contributed by atoms with Crippen LogP contribution in [0.25, 0.3) is 0 Å². The summed E-state index contributed by atoms with van der Waals surface area (Å²) in [6.07, 6.45) is 3.50. The maximum atomic E-state index is 5.31. The maximum absolute atomic E-state index is 5.31. The van der Waals surface area contributed by atoms with E-state index in [1.165, 1.54) is 0 Å². The average molecular weight is 293 g/mol. The molecular formula is C12H9BrN2O2. The van der Waals surface area contributed by atoms with Crippen LogP contribution >= 0.6 is 15.9 Å². The first-order valence-electron chi connectivity index (χ1n) is 5.08. The lowest BCUT2D eigenvalue weighted by Gasteiger charge is -2.06. The molecule has 2 aromatic rings. The SMILES string of the molecule is Brc1cncc(Nc2ccc3c(c2)OCO3)c1. The van der Waals surface area contributed by atoms with Crippen molar-refractivity contribution >= 4 is 27.3 Å². The minimum absolute atomic E-state index is 0.289. The predicted octanol–water partition coefficient (Wildman–Crippen LogP) is 3.32. The molecule has 0 aliphatic carbocycles. The molecule has 1 N–H and O–H groups in total. The number of anilines is 2. The molecule has 0 amide bonds. The third-order valence-corrected chi connectivity index (χ3v) is 2.80. The Morgan fingerprint density at radius 2 is 1.94 bits per heavy atom. The van der Waals surface area contributed by atoms with Crippen molar-refractivity contribution in [1.82, 2.24) is 4.98 Å². The van der Waals surface area contributed by atoms with Gasteiger partial charge in [-0.15, -0.1) is 0 Å². The maximum Gasteiger partial charge on any atom is 0.231 e. The Morgan fingerprint density at radius 3 is 2.82 bits per heavy atom. The van der Waals surface area contributed by atoms with Gasteiger partial charge in [0.15, 0.2) is 11.5 Å². The van der Waals surface area contributed by atoms with E-state index in [2.05, 4.69) is 26.2 Å². The van der Waals surface area contributed by atoms with Crippen LogP contribution in [0.4, 0.5) is 11.4 Å². The Labute approximate surface area is 107 Å². The molecule has 1 aliphatic heterocycles. The van der Waals surface area contributed by atoms with Gasteiger partial charge in [-0.2, -0.15) is 0 Å². The van der Waals surface area contributed by atoms with Crippen LogP contribution < -0.4 is 14.8 Å². The van der Waals surface area contributed by atoms with Crippen molar-refractivity contribution in [2.24, 2.45) is 0 Å². The Hall–Kier alpha value is -1.75. The van der Waals surface area contributed by atoms with Crippen LogP contribution in [0.3, 0.4) is 0 Å². The highest BCUT2D eigenvalue weighted by atomic mass is 79.9. The van der Waals surface area contributed by atoms with Gasteiger partial charge in [-0.05, 0) is 34.1 Å². The fourth-order valence-electron chi connectivity index (χ4n) is 1.62. The summed E-state index contributed by atoms with van der Waals surface area (Å²) in [5, 5.41) is 3.25. The van der Waals surface area contributed by atoms with Crippen molar-refractivity contribution in [3.63, 3.8) is 0 Å². The molecule has 1 aliphatic rings. The molecule has 0 spiro atoms. The molecule has 86 valence electrons. The van der Waals surface area contributed by atoms with Crippen molar-refractivity contribution in [2.75, 3.05) is 12.1 Å². The third-order valence-electron chi connectivity index (χ3n) is 2.37. The third kappa shape index (κ3) is 2.19. The van der Waals surface area contributed by atoms with E-state index in [1.54, 1.807) is 12.4 Å². The van der Waals surface area contributed by atoms with Crippen LogP contribution in [-0.2, 0) is 0 Å². The molecule has 3 rings (SSSR count). The minimum atomic E-state index is 0.289. The van der Waals surface area contributed by atoms with Gasteiger partial charge < -0.3 is 14.8 Å². The number of nitrogens with zero attached hydrogens (tertiary/aromatic N) is 1. The fraction of sp³-hybridized carbons (Fsp3) is 0.0833. The normalized spacial score (nSPS) is 12.5. The largest absolute Gasteiger partial charge is 0.454 e. The summed E-state index contributed by atoms with van der Waals surface area (Å²) in [6.45, 7) is 0.289. The number of pyridine rings is 1. The van der Waals surface area contributed by atoms with Crippen molar-refractivity contribution in [3.05, 3.63) is 41.1 Å². The zero-order valence-electron chi connectivity index (χ0n) is 8.81. The number of aromatic nitrogens is 1. The number of ether oxygens (including phenoxy) is 2. The highest BCUT2D eigenvalue weighted by Gasteiger charge is 2.13. The highest BCUT2D eigenvalue weighted by molar-refractivity contribution is 9.10. The Morgan fingerprint density at radius 1 is 1.06 bits per heavy atom. The van der Waals surface area contributed by atoms with E-state index in [4.69, 9.17) is 9.47 Å². The summed E-state index contributed by atoms with van der Waals surface area (Å²) in [5.74, 6) is 1.54. The molecule has 1 aromatic carbocycles. The number of hydrogen-bond acceptors (Lipinski definition) is 4. The molecule has 0 saturated heterocycles. The van der Waals surface area contributed by atoms with E-state index >= 15 is 0 Å². The Kier molecular flexibility index (Phi) is 2.60. The summed E-state index contributed by atoms with van der Waals surface area (Å²) < 4.78 is 11.5. The number of halogens is 1. The first-order valence-corrected chi connectivity index (χ1v) is 5.88. The number of nitrogens with one attached hydrogen (secondary N) is 1. The first kappa shape index (κ1) is 10.4. The van der Waals surface area contributed by atoms with E-state index in [9.17, 15) is 0 Å². The standard InChI is InChI=1S/C12H9BrN2O2/c13-8-3-10(6-14-5-8)15-9-1-2-11-12(4-9)17-7-16-11/h1-6,15H,7H2. The van der Waals surface area contributed by atoms with Crippen molar-refractivity contribution in [3.8, 4) is 11.5 Å². The topological polar surface area (TPSA) is 43.4 Å². The summed E-state index contributed by atoms with van der Waals surface area (Å²) >= 11 is 3.38. The van der Waals surface area contributed by atoms with Gasteiger partial charge in [0.25, 0.3) is 0 Å². The second-order valence-corrected chi connectivity index (χ2v) is 4.50. The van der Waals surface area contributed by atoms with Gasteiger partial charge in [-0.25, -0.2) is 0 Å². The first-order chi connectivity index (χ1) is 8.31. The molecule has 0 fully saturated rings. The van der Waals surface area contributed by atoms with Gasteiger partial charge in [0.05, 0.1) is 11.9 Å². The number of fused-ring (bicyclic) bond motifs is 1. The zero-order chi connectivity index (χ0) is 11.7. The van der Waals surface area contributed by atoms with E-state index < -0.39 is 0 Å². The molecule has 0 unspecified atom stereocenters. The number of rotatable bonds is 2. The van der Waals surface area contributed by atoms with Crippen LogP contribution in [0.15, 0.2) is 41.1 Å². The zero-order valence-corrected chi connectivity index (χ0v) is 10.4. The minimum Gasteiger partial charge on any atom is -0.454 e. The molecule has 0 radical (unpaired) electrons. The summed E-state index contributed by atoms with van der Waals surface area (Å²) in [7, 11) is 0. The molecule has 0 bridgehead atoms. The Balaban J connectivity index is 1.86. The van der Waals surface area contributed by atoms with Crippen LogP contribution in [0.2, 0.25) is 0 Å². The lowest BCUT2D eigenvalue weighted by atomic mass is 10.2. The van der Waals surface area contributed by atoms with Crippen molar-refractivity contribution < 1.29 is 9.47 Å². The Bertz CT molecular complexity index is 560. The van der Waals surface area contributed by atoms with Gasteiger partial charge in [0.1, 0.15) is 0 Å². The van der Waals surface area contributed by atoms with E-state index in [0.717, 1.165) is 27.3 Å². The lowest BCUT2D eigenvalue weighted by molar-refractivity contribution is 0.174. The summed E-state index contributed by atoms with van der Waals surface area (Å²) in [4.78, 5) is 4.09. The predicted molar refractivity (Wildman–Crippen MR) is 67.8 cm³/mol. The van der Waals surface area contributed by atoms with Crippen LogP contribution in [0.1, 0.15) is 0 Å². The van der Waals surface area contributed by atoms with Gasteiger partial charge in [0, 0.05) is 22.4 Å². The monoisotopic (exact) mass is 292 g/mol. The van der Waals surface area contributed by atoms with Gasteiger partial charge in [-0.1, -0.05) is 0 Å². The molecule has 17 heavy (non-hydrogen) atoms. The smallest absolute Gasteiger partial charge is 0.231 e. The van der Waals surface area contributed by atoms with Crippen molar-refractivity contribution in [2.45, 2.75) is 0 Å². The molecule has 1 aromatic heterocycles. The summed E-state index contributed by atoms with van der Waals surface area (Å²) in [6, 6.07) is 7.69. The fourth-order valence-corrected chi connectivity index (χ4v) is 1.99. The average Bonchev–Trinajstić information content (AvgIpc) is 2.76. The number of hydrogen-bond donors (Lipinski definition) is 1. The molecule has 5 heteroatoms. The lowest BCUT2D eigenvalue weighted by Crippen LogP contribution is -1.93. The van der Waals surface area contributed by atoms with Crippen LogP contribution in [0, 0.1) is 0 Å². The molecule has 2 heterocycles. The number of benzene rings is 1.